The largest absolute Gasteiger partial charge is 0.378 e. The molecule has 18 heavy (non-hydrogen) atoms. The van der Waals surface area contributed by atoms with E-state index in [9.17, 15) is 9.59 Å². The van der Waals surface area contributed by atoms with E-state index in [-0.39, 0.29) is 0 Å². The highest BCUT2D eigenvalue weighted by atomic mass is 35.5. The van der Waals surface area contributed by atoms with Gasteiger partial charge in [-0.3, -0.25) is 9.59 Å². The Morgan fingerprint density at radius 1 is 1.28 bits per heavy atom. The van der Waals surface area contributed by atoms with E-state index in [0.29, 0.717) is 37.0 Å². The van der Waals surface area contributed by atoms with Crippen molar-refractivity contribution in [1.29, 1.82) is 0 Å². The van der Waals surface area contributed by atoms with Crippen LogP contribution in [0.3, 0.4) is 0 Å². The molecule has 1 aromatic rings. The van der Waals surface area contributed by atoms with E-state index in [0.717, 1.165) is 0 Å². The van der Waals surface area contributed by atoms with Crippen LogP contribution in [0.4, 0.5) is 5.69 Å². The van der Waals surface area contributed by atoms with Gasteiger partial charge in [0.15, 0.2) is 0 Å². The van der Waals surface area contributed by atoms with Gasteiger partial charge in [-0.1, -0.05) is 17.7 Å². The number of hydrogen-bond acceptors (Lipinski definition) is 3. The first kappa shape index (κ1) is 12.9. The molecular weight excluding hydrogens is 256 g/mol. The number of rotatable bonds is 1. The van der Waals surface area contributed by atoms with Gasteiger partial charge in [-0.05, 0) is 18.2 Å². The lowest BCUT2D eigenvalue weighted by molar-refractivity contribution is -0.145. The van der Waals surface area contributed by atoms with Crippen LogP contribution in [0.5, 0.6) is 0 Å². The molecule has 0 aliphatic carbocycles. The summed E-state index contributed by atoms with van der Waals surface area (Å²) in [7, 11) is 0. The minimum absolute atomic E-state index is 0.446. The number of benzene rings is 1. The average molecular weight is 269 g/mol. The predicted octanol–water partition coefficient (Wildman–Crippen LogP) is 1.14. The number of nitrogens with zero attached hydrogens (tertiary/aromatic N) is 1. The van der Waals surface area contributed by atoms with Gasteiger partial charge in [-0.25, -0.2) is 0 Å². The maximum Gasteiger partial charge on any atom is 0.313 e. The smallest absolute Gasteiger partial charge is 0.313 e. The quantitative estimate of drug-likeness (QED) is 0.777. The molecule has 0 unspecified atom stereocenters. The molecule has 0 spiro atoms. The maximum atomic E-state index is 11.8. The molecule has 1 saturated heterocycles. The van der Waals surface area contributed by atoms with E-state index < -0.39 is 11.8 Å². The fraction of sp³-hybridized carbons (Fsp3) is 0.333. The lowest BCUT2D eigenvalue weighted by Crippen LogP contribution is -2.45. The van der Waals surface area contributed by atoms with E-state index in [1.165, 1.54) is 4.90 Å². The highest BCUT2D eigenvalue weighted by Crippen LogP contribution is 2.15. The maximum absolute atomic E-state index is 11.8. The van der Waals surface area contributed by atoms with Crippen LogP contribution < -0.4 is 5.32 Å². The predicted molar refractivity (Wildman–Crippen MR) is 67.5 cm³/mol. The zero-order chi connectivity index (χ0) is 13.0. The van der Waals surface area contributed by atoms with Gasteiger partial charge in [0.05, 0.1) is 13.2 Å². The second kappa shape index (κ2) is 5.84. The monoisotopic (exact) mass is 268 g/mol. The fourth-order valence-corrected chi connectivity index (χ4v) is 1.85. The Labute approximate surface area is 110 Å². The van der Waals surface area contributed by atoms with Crippen molar-refractivity contribution in [2.24, 2.45) is 0 Å². The summed E-state index contributed by atoms with van der Waals surface area (Å²) in [5, 5.41) is 3.03. The Morgan fingerprint density at radius 2 is 2.00 bits per heavy atom. The SMILES string of the molecule is O=C(Nc1cccc(Cl)c1)C(=O)N1CCOCC1. The molecule has 96 valence electrons. The first-order valence-electron chi connectivity index (χ1n) is 5.60. The van der Waals surface area contributed by atoms with E-state index in [4.69, 9.17) is 16.3 Å². The Kier molecular flexibility index (Phi) is 4.17. The topological polar surface area (TPSA) is 58.6 Å². The Morgan fingerprint density at radius 3 is 2.67 bits per heavy atom. The Hall–Kier alpha value is -1.59. The number of morpholine rings is 1. The lowest BCUT2D eigenvalue weighted by atomic mass is 10.3. The second-order valence-corrected chi connectivity index (χ2v) is 4.31. The van der Waals surface area contributed by atoms with Crippen molar-refractivity contribution in [3.8, 4) is 0 Å². The third-order valence-corrected chi connectivity index (χ3v) is 2.81. The van der Waals surface area contributed by atoms with Gasteiger partial charge in [0.1, 0.15) is 0 Å². The minimum atomic E-state index is -0.654. The number of nitrogens with one attached hydrogen (secondary N) is 1. The molecule has 1 aliphatic heterocycles. The van der Waals surface area contributed by atoms with E-state index in [2.05, 4.69) is 5.32 Å². The van der Waals surface area contributed by atoms with Crippen molar-refractivity contribution in [2.45, 2.75) is 0 Å². The van der Waals surface area contributed by atoms with E-state index in [1.54, 1.807) is 24.3 Å². The molecular formula is C12H13ClN2O3. The van der Waals surface area contributed by atoms with Crippen molar-refractivity contribution in [3.05, 3.63) is 29.3 Å². The summed E-state index contributed by atoms with van der Waals surface area (Å²) in [6.45, 7) is 1.83. The normalized spacial score (nSPS) is 15.3. The molecule has 6 heteroatoms. The molecule has 1 N–H and O–H groups in total. The highest BCUT2D eigenvalue weighted by Gasteiger charge is 2.23. The number of carbonyl (C=O) groups is 2. The van der Waals surface area contributed by atoms with Gasteiger partial charge >= 0.3 is 11.8 Å². The van der Waals surface area contributed by atoms with Crippen molar-refractivity contribution in [3.63, 3.8) is 0 Å². The number of anilines is 1. The van der Waals surface area contributed by atoms with Crippen molar-refractivity contribution in [1.82, 2.24) is 4.90 Å². The van der Waals surface area contributed by atoms with Gasteiger partial charge in [-0.15, -0.1) is 0 Å². The lowest BCUT2D eigenvalue weighted by Gasteiger charge is -2.26. The molecule has 1 heterocycles. The zero-order valence-corrected chi connectivity index (χ0v) is 10.4. The molecule has 1 fully saturated rings. The van der Waals surface area contributed by atoms with E-state index in [1.807, 2.05) is 0 Å². The van der Waals surface area contributed by atoms with Crippen LogP contribution in [0.25, 0.3) is 0 Å². The molecule has 0 bridgehead atoms. The van der Waals surface area contributed by atoms with Crippen LogP contribution in [0.2, 0.25) is 5.02 Å². The molecule has 2 amide bonds. The van der Waals surface area contributed by atoms with Crippen molar-refractivity contribution < 1.29 is 14.3 Å². The fourth-order valence-electron chi connectivity index (χ4n) is 1.66. The number of hydrogen-bond donors (Lipinski definition) is 1. The molecule has 5 nitrogen and oxygen atoms in total. The van der Waals surface area contributed by atoms with Gasteiger partial charge in [-0.2, -0.15) is 0 Å². The van der Waals surface area contributed by atoms with Gasteiger partial charge in [0.25, 0.3) is 0 Å². The average Bonchev–Trinajstić information content (AvgIpc) is 2.39. The summed E-state index contributed by atoms with van der Waals surface area (Å²) in [4.78, 5) is 25.0. The Balaban J connectivity index is 1.96. The number of ether oxygens (including phenoxy) is 1. The third kappa shape index (κ3) is 3.21. The molecule has 0 saturated carbocycles. The number of amides is 2. The summed E-state index contributed by atoms with van der Waals surface area (Å²) < 4.78 is 5.12. The van der Waals surface area contributed by atoms with Gasteiger partial charge in [0, 0.05) is 23.8 Å². The number of halogens is 1. The van der Waals surface area contributed by atoms with Crippen LogP contribution in [-0.4, -0.2) is 43.0 Å². The minimum Gasteiger partial charge on any atom is -0.378 e. The Bertz CT molecular complexity index is 458. The van der Waals surface area contributed by atoms with Crippen LogP contribution in [-0.2, 0) is 14.3 Å². The van der Waals surface area contributed by atoms with Crippen molar-refractivity contribution in [2.75, 3.05) is 31.6 Å². The van der Waals surface area contributed by atoms with Crippen molar-refractivity contribution >= 4 is 29.1 Å². The summed E-state index contributed by atoms with van der Waals surface area (Å²) in [6, 6.07) is 6.67. The molecule has 0 aromatic heterocycles. The van der Waals surface area contributed by atoms with Gasteiger partial charge < -0.3 is 15.0 Å². The molecule has 0 atom stereocenters. The molecule has 2 rings (SSSR count). The molecule has 1 aliphatic rings. The first-order valence-corrected chi connectivity index (χ1v) is 5.98. The number of carbonyl (C=O) groups excluding carboxylic acids is 2. The summed E-state index contributed by atoms with van der Waals surface area (Å²) in [6.07, 6.45) is 0. The van der Waals surface area contributed by atoms with Crippen LogP contribution in [0, 0.1) is 0 Å². The molecule has 1 aromatic carbocycles. The first-order chi connectivity index (χ1) is 8.66. The molecule has 0 radical (unpaired) electrons. The zero-order valence-electron chi connectivity index (χ0n) is 9.69. The second-order valence-electron chi connectivity index (χ2n) is 3.87. The van der Waals surface area contributed by atoms with Crippen LogP contribution in [0.1, 0.15) is 0 Å². The van der Waals surface area contributed by atoms with Gasteiger partial charge in [0.2, 0.25) is 0 Å². The summed E-state index contributed by atoms with van der Waals surface area (Å²) in [5.74, 6) is -1.20. The van der Waals surface area contributed by atoms with Crippen LogP contribution in [0.15, 0.2) is 24.3 Å². The highest BCUT2D eigenvalue weighted by molar-refractivity contribution is 6.39. The third-order valence-electron chi connectivity index (χ3n) is 2.58. The standard InChI is InChI=1S/C12H13ClN2O3/c13-9-2-1-3-10(8-9)14-11(16)12(17)15-4-6-18-7-5-15/h1-3,8H,4-7H2,(H,14,16). The van der Waals surface area contributed by atoms with Crippen LogP contribution >= 0.6 is 11.6 Å². The summed E-state index contributed by atoms with van der Waals surface area (Å²) >= 11 is 5.79. The summed E-state index contributed by atoms with van der Waals surface area (Å²) in [5.41, 5.74) is 0.508. The van der Waals surface area contributed by atoms with E-state index >= 15 is 0 Å².